The van der Waals surface area contributed by atoms with Crippen molar-refractivity contribution in [1.29, 1.82) is 0 Å². The van der Waals surface area contributed by atoms with Gasteiger partial charge in [0.05, 0.1) is 7.11 Å². The van der Waals surface area contributed by atoms with Crippen LogP contribution in [0.2, 0.25) is 0 Å². The number of carbonyl (C=O) groups is 1. The average Bonchev–Trinajstić information content (AvgIpc) is 2.98. The molecule has 1 aromatic heterocycles. The van der Waals surface area contributed by atoms with E-state index in [1.54, 1.807) is 11.0 Å². The number of amides is 1. The summed E-state index contributed by atoms with van der Waals surface area (Å²) in [5.74, 6) is -0.381. The van der Waals surface area contributed by atoms with Crippen LogP contribution in [0.1, 0.15) is 23.1 Å². The van der Waals surface area contributed by atoms with Crippen LogP contribution < -0.4 is 4.74 Å². The maximum atomic E-state index is 13.6. The van der Waals surface area contributed by atoms with Crippen molar-refractivity contribution in [1.82, 2.24) is 20.1 Å². The second-order valence-electron chi connectivity index (χ2n) is 4.12. The van der Waals surface area contributed by atoms with Crippen LogP contribution in [-0.2, 0) is 6.54 Å². The van der Waals surface area contributed by atoms with Gasteiger partial charge in [-0.1, -0.05) is 6.07 Å². The Morgan fingerprint density at radius 2 is 2.30 bits per heavy atom. The summed E-state index contributed by atoms with van der Waals surface area (Å²) in [6, 6.07) is 4.62. The third-order valence-corrected chi connectivity index (χ3v) is 2.88. The molecule has 20 heavy (non-hydrogen) atoms. The Labute approximate surface area is 115 Å². The molecule has 1 N–H and O–H groups in total. The lowest BCUT2D eigenvalue weighted by atomic mass is 10.2. The predicted molar refractivity (Wildman–Crippen MR) is 69.7 cm³/mol. The Morgan fingerprint density at radius 1 is 1.50 bits per heavy atom. The molecule has 6 nitrogen and oxygen atoms in total. The van der Waals surface area contributed by atoms with Crippen LogP contribution in [-0.4, -0.2) is 39.6 Å². The number of hydrogen-bond donors (Lipinski definition) is 1. The van der Waals surface area contributed by atoms with Gasteiger partial charge in [-0.25, -0.2) is 9.37 Å². The molecule has 0 unspecified atom stereocenters. The van der Waals surface area contributed by atoms with Gasteiger partial charge in [0.25, 0.3) is 5.91 Å². The van der Waals surface area contributed by atoms with Crippen LogP contribution in [0.3, 0.4) is 0 Å². The van der Waals surface area contributed by atoms with Crippen LogP contribution in [0, 0.1) is 5.82 Å². The third kappa shape index (κ3) is 2.93. The smallest absolute Gasteiger partial charge is 0.291 e. The number of halogens is 1. The van der Waals surface area contributed by atoms with E-state index >= 15 is 0 Å². The lowest BCUT2D eigenvalue weighted by Gasteiger charge is -2.19. The fraction of sp³-hybridized carbons (Fsp3) is 0.308. The van der Waals surface area contributed by atoms with Crippen LogP contribution in [0.25, 0.3) is 0 Å². The van der Waals surface area contributed by atoms with Crippen LogP contribution in [0.15, 0.2) is 24.5 Å². The standard InChI is InChI=1S/C13H15FN4O2/c1-3-18(13(19)12-15-8-16-17-12)7-9-4-5-11(20-2)10(14)6-9/h4-6,8H,3,7H2,1-2H3,(H,15,16,17). The third-order valence-electron chi connectivity index (χ3n) is 2.88. The first kappa shape index (κ1) is 14.0. The highest BCUT2D eigenvalue weighted by atomic mass is 19.1. The number of H-pyrrole nitrogens is 1. The molecule has 0 spiro atoms. The van der Waals surface area contributed by atoms with Crippen LogP contribution >= 0.6 is 0 Å². The van der Waals surface area contributed by atoms with E-state index in [1.807, 2.05) is 6.92 Å². The molecular weight excluding hydrogens is 263 g/mol. The number of aromatic amines is 1. The van der Waals surface area contributed by atoms with E-state index in [2.05, 4.69) is 15.2 Å². The molecule has 2 rings (SSSR count). The highest BCUT2D eigenvalue weighted by Gasteiger charge is 2.17. The number of rotatable bonds is 5. The van der Waals surface area contributed by atoms with E-state index in [4.69, 9.17) is 4.74 Å². The fourth-order valence-electron chi connectivity index (χ4n) is 1.81. The molecule has 0 radical (unpaired) electrons. The van der Waals surface area contributed by atoms with E-state index in [-0.39, 0.29) is 24.0 Å². The lowest BCUT2D eigenvalue weighted by molar-refractivity contribution is 0.0740. The summed E-state index contributed by atoms with van der Waals surface area (Å²) in [5, 5.41) is 6.16. The number of ether oxygens (including phenoxy) is 1. The zero-order chi connectivity index (χ0) is 14.5. The maximum Gasteiger partial charge on any atom is 0.291 e. The molecule has 0 atom stereocenters. The molecule has 0 bridgehead atoms. The number of benzene rings is 1. The summed E-state index contributed by atoms with van der Waals surface area (Å²) in [5.41, 5.74) is 0.679. The van der Waals surface area contributed by atoms with Gasteiger partial charge in [-0.15, -0.1) is 0 Å². The van der Waals surface area contributed by atoms with Gasteiger partial charge in [0, 0.05) is 13.1 Å². The van der Waals surface area contributed by atoms with Gasteiger partial charge in [0.2, 0.25) is 5.82 Å². The SMILES string of the molecule is CCN(Cc1ccc(OC)c(F)c1)C(=O)c1ncn[nH]1. The minimum Gasteiger partial charge on any atom is -0.494 e. The summed E-state index contributed by atoms with van der Waals surface area (Å²) in [6.45, 7) is 2.61. The van der Waals surface area contributed by atoms with Crippen molar-refractivity contribution in [3.8, 4) is 5.75 Å². The molecule has 0 aliphatic rings. The van der Waals surface area contributed by atoms with Crippen molar-refractivity contribution in [2.24, 2.45) is 0 Å². The molecule has 106 valence electrons. The quantitative estimate of drug-likeness (QED) is 0.902. The average molecular weight is 278 g/mol. The Balaban J connectivity index is 2.14. The molecule has 1 amide bonds. The summed E-state index contributed by atoms with van der Waals surface area (Å²) < 4.78 is 18.5. The molecule has 2 aromatic rings. The molecule has 0 saturated heterocycles. The van der Waals surface area contributed by atoms with E-state index < -0.39 is 5.82 Å². The Kier molecular flexibility index (Phi) is 4.29. The van der Waals surface area contributed by atoms with Crippen LogP contribution in [0.4, 0.5) is 4.39 Å². The minimum absolute atomic E-state index is 0.167. The van der Waals surface area contributed by atoms with Crippen LogP contribution in [0.5, 0.6) is 5.75 Å². The largest absolute Gasteiger partial charge is 0.494 e. The molecular formula is C13H15FN4O2. The van der Waals surface area contributed by atoms with Gasteiger partial charge in [-0.05, 0) is 24.6 Å². The molecule has 0 fully saturated rings. The topological polar surface area (TPSA) is 71.1 Å². The lowest BCUT2D eigenvalue weighted by Crippen LogP contribution is -2.31. The molecule has 1 aromatic carbocycles. The zero-order valence-electron chi connectivity index (χ0n) is 11.3. The first-order valence-corrected chi connectivity index (χ1v) is 6.12. The van der Waals surface area contributed by atoms with Crippen molar-refractivity contribution in [2.75, 3.05) is 13.7 Å². The van der Waals surface area contributed by atoms with Gasteiger partial charge in [0.15, 0.2) is 11.6 Å². The molecule has 0 aliphatic heterocycles. The molecule has 1 heterocycles. The minimum atomic E-state index is -0.451. The molecule has 0 saturated carbocycles. The monoisotopic (exact) mass is 278 g/mol. The van der Waals surface area contributed by atoms with E-state index in [1.165, 1.54) is 25.6 Å². The number of nitrogens with one attached hydrogen (secondary N) is 1. The molecule has 7 heteroatoms. The number of aromatic nitrogens is 3. The summed E-state index contributed by atoms with van der Waals surface area (Å²) in [6.07, 6.45) is 1.27. The number of nitrogens with zero attached hydrogens (tertiary/aromatic N) is 3. The second kappa shape index (κ2) is 6.14. The van der Waals surface area contributed by atoms with Crippen molar-refractivity contribution in [2.45, 2.75) is 13.5 Å². The van der Waals surface area contributed by atoms with Crippen molar-refractivity contribution in [3.63, 3.8) is 0 Å². The van der Waals surface area contributed by atoms with Gasteiger partial charge in [-0.3, -0.25) is 9.89 Å². The summed E-state index contributed by atoms with van der Waals surface area (Å²) >= 11 is 0. The number of hydrogen-bond acceptors (Lipinski definition) is 4. The van der Waals surface area contributed by atoms with E-state index in [0.717, 1.165) is 0 Å². The number of carbonyl (C=O) groups excluding carboxylic acids is 1. The van der Waals surface area contributed by atoms with Crippen molar-refractivity contribution >= 4 is 5.91 Å². The normalized spacial score (nSPS) is 10.3. The predicted octanol–water partition coefficient (Wildman–Crippen LogP) is 1.61. The Morgan fingerprint density at radius 3 is 2.85 bits per heavy atom. The number of methoxy groups -OCH3 is 1. The second-order valence-corrected chi connectivity index (χ2v) is 4.12. The Hall–Kier alpha value is -2.44. The van der Waals surface area contributed by atoms with Crippen molar-refractivity contribution in [3.05, 3.63) is 41.7 Å². The highest BCUT2D eigenvalue weighted by molar-refractivity contribution is 5.90. The van der Waals surface area contributed by atoms with Crippen molar-refractivity contribution < 1.29 is 13.9 Å². The zero-order valence-corrected chi connectivity index (χ0v) is 11.3. The summed E-state index contributed by atoms with van der Waals surface area (Å²) in [4.78, 5) is 17.5. The first-order valence-electron chi connectivity index (χ1n) is 6.12. The fourth-order valence-corrected chi connectivity index (χ4v) is 1.81. The van der Waals surface area contributed by atoms with Gasteiger partial charge >= 0.3 is 0 Å². The van der Waals surface area contributed by atoms with E-state index in [9.17, 15) is 9.18 Å². The maximum absolute atomic E-state index is 13.6. The highest BCUT2D eigenvalue weighted by Crippen LogP contribution is 2.19. The van der Waals surface area contributed by atoms with Gasteiger partial charge in [0.1, 0.15) is 6.33 Å². The van der Waals surface area contributed by atoms with Gasteiger partial charge < -0.3 is 9.64 Å². The van der Waals surface area contributed by atoms with Gasteiger partial charge in [-0.2, -0.15) is 5.10 Å². The molecule has 0 aliphatic carbocycles. The van der Waals surface area contributed by atoms with E-state index in [0.29, 0.717) is 12.1 Å². The summed E-state index contributed by atoms with van der Waals surface area (Å²) in [7, 11) is 1.41. The first-order chi connectivity index (χ1) is 9.65. The Bertz CT molecular complexity index is 586.